The Bertz CT molecular complexity index is 231. The van der Waals surface area contributed by atoms with Crippen molar-refractivity contribution < 1.29 is 19.4 Å². The molecule has 0 aromatic rings. The fraction of sp³-hybridized carbons (Fsp3) is 0.833. The number of carbonyl (C=O) groups is 2. The molecule has 0 bridgehead atoms. The van der Waals surface area contributed by atoms with Crippen molar-refractivity contribution in [1.29, 1.82) is 0 Å². The lowest BCUT2D eigenvalue weighted by Crippen LogP contribution is -2.29. The van der Waals surface area contributed by atoms with Crippen molar-refractivity contribution in [3.8, 4) is 0 Å². The van der Waals surface area contributed by atoms with Crippen molar-refractivity contribution in [3.05, 3.63) is 0 Å². The summed E-state index contributed by atoms with van der Waals surface area (Å²) in [6.45, 7) is 5.89. The fourth-order valence-electron chi connectivity index (χ4n) is 1.27. The number of esters is 1. The molecule has 0 amide bonds. The predicted octanol–water partition coefficient (Wildman–Crippen LogP) is 2.75. The average Bonchev–Trinajstić information content (AvgIpc) is 2.24. The van der Waals surface area contributed by atoms with E-state index in [1.807, 2.05) is 20.8 Å². The smallest absolute Gasteiger partial charge is 0.306 e. The summed E-state index contributed by atoms with van der Waals surface area (Å²) in [5.74, 6) is -1.04. The van der Waals surface area contributed by atoms with Crippen LogP contribution >= 0.6 is 0 Å². The molecule has 4 heteroatoms. The van der Waals surface area contributed by atoms with Crippen LogP contribution < -0.4 is 0 Å². The van der Waals surface area contributed by atoms with E-state index in [4.69, 9.17) is 9.84 Å². The molecule has 1 N–H and O–H groups in total. The van der Waals surface area contributed by atoms with E-state index in [1.54, 1.807) is 0 Å². The molecule has 0 aromatic carbocycles. The predicted molar refractivity (Wildman–Crippen MR) is 61.2 cm³/mol. The van der Waals surface area contributed by atoms with Crippen molar-refractivity contribution in [2.24, 2.45) is 0 Å². The van der Waals surface area contributed by atoms with Gasteiger partial charge in [0.05, 0.1) is 0 Å². The minimum atomic E-state index is -0.819. The molecular formula is C12H22O4. The second-order valence-electron chi connectivity index (χ2n) is 4.23. The van der Waals surface area contributed by atoms with E-state index in [1.165, 1.54) is 0 Å². The highest BCUT2D eigenvalue weighted by Gasteiger charge is 2.23. The third-order valence-electron chi connectivity index (χ3n) is 2.88. The summed E-state index contributed by atoms with van der Waals surface area (Å²) < 4.78 is 5.36. The van der Waals surface area contributed by atoms with Crippen LogP contribution in [-0.4, -0.2) is 22.6 Å². The Balaban J connectivity index is 3.77. The number of carboxylic acids is 1. The third-order valence-corrected chi connectivity index (χ3v) is 2.88. The molecule has 16 heavy (non-hydrogen) atoms. The minimum absolute atomic E-state index is 0.117. The van der Waals surface area contributed by atoms with Crippen LogP contribution in [0.3, 0.4) is 0 Å². The molecule has 0 heterocycles. The Morgan fingerprint density at radius 1 is 1.12 bits per heavy atom. The maximum absolute atomic E-state index is 11.5. The maximum atomic E-state index is 11.5. The molecule has 94 valence electrons. The van der Waals surface area contributed by atoms with E-state index in [2.05, 4.69) is 0 Å². The van der Waals surface area contributed by atoms with Crippen LogP contribution in [0.15, 0.2) is 0 Å². The van der Waals surface area contributed by atoms with Crippen molar-refractivity contribution in [1.82, 2.24) is 0 Å². The molecule has 0 saturated heterocycles. The fourth-order valence-corrected chi connectivity index (χ4v) is 1.27. The average molecular weight is 230 g/mol. The number of rotatable bonds is 8. The van der Waals surface area contributed by atoms with E-state index in [0.717, 1.165) is 12.8 Å². The number of unbranched alkanes of at least 4 members (excludes halogenated alkanes) is 1. The SMILES string of the molecule is CCC(C)(CC)OC(=O)CCCCC(=O)O. The summed E-state index contributed by atoms with van der Waals surface area (Å²) in [6.07, 6.45) is 3.12. The number of ether oxygens (including phenoxy) is 1. The van der Waals surface area contributed by atoms with Crippen LogP contribution in [0, 0.1) is 0 Å². The number of carboxylic acid groups (broad SMARTS) is 1. The molecule has 0 fully saturated rings. The topological polar surface area (TPSA) is 63.6 Å². The molecule has 0 unspecified atom stereocenters. The zero-order valence-electron chi connectivity index (χ0n) is 10.4. The highest BCUT2D eigenvalue weighted by molar-refractivity contribution is 5.70. The van der Waals surface area contributed by atoms with E-state index >= 15 is 0 Å². The summed E-state index contributed by atoms with van der Waals surface area (Å²) in [5.41, 5.74) is -0.371. The molecule has 0 aliphatic heterocycles. The van der Waals surface area contributed by atoms with Crippen molar-refractivity contribution in [2.45, 2.75) is 64.9 Å². The van der Waals surface area contributed by atoms with Gasteiger partial charge in [0.2, 0.25) is 0 Å². The molecule has 0 aliphatic carbocycles. The van der Waals surface area contributed by atoms with Crippen LogP contribution in [0.1, 0.15) is 59.3 Å². The van der Waals surface area contributed by atoms with Gasteiger partial charge in [-0.05, 0) is 32.6 Å². The van der Waals surface area contributed by atoms with Gasteiger partial charge in [0.1, 0.15) is 5.60 Å². The summed E-state index contributed by atoms with van der Waals surface area (Å²) in [4.78, 5) is 21.7. The molecular weight excluding hydrogens is 208 g/mol. The first-order valence-corrected chi connectivity index (χ1v) is 5.87. The Morgan fingerprint density at radius 3 is 2.06 bits per heavy atom. The molecule has 0 atom stereocenters. The Morgan fingerprint density at radius 2 is 1.62 bits per heavy atom. The first-order chi connectivity index (χ1) is 7.43. The Labute approximate surface area is 97.0 Å². The molecule has 4 nitrogen and oxygen atoms in total. The molecule has 0 saturated carbocycles. The van der Waals surface area contributed by atoms with Crippen LogP contribution in [0.4, 0.5) is 0 Å². The Kier molecular flexibility index (Phi) is 6.77. The van der Waals surface area contributed by atoms with Gasteiger partial charge in [-0.2, -0.15) is 0 Å². The molecule has 0 radical (unpaired) electrons. The monoisotopic (exact) mass is 230 g/mol. The largest absolute Gasteiger partial charge is 0.481 e. The number of carbonyl (C=O) groups excluding carboxylic acids is 1. The lowest BCUT2D eigenvalue weighted by atomic mass is 10.00. The van der Waals surface area contributed by atoms with Crippen LogP contribution in [0.2, 0.25) is 0 Å². The van der Waals surface area contributed by atoms with Gasteiger partial charge in [0, 0.05) is 12.8 Å². The number of hydrogen-bond donors (Lipinski definition) is 1. The van der Waals surface area contributed by atoms with E-state index in [-0.39, 0.29) is 18.0 Å². The first-order valence-electron chi connectivity index (χ1n) is 5.87. The van der Waals surface area contributed by atoms with Gasteiger partial charge in [-0.1, -0.05) is 13.8 Å². The van der Waals surface area contributed by atoms with E-state index in [0.29, 0.717) is 19.3 Å². The Hall–Kier alpha value is -1.06. The lowest BCUT2D eigenvalue weighted by molar-refractivity contribution is -0.159. The molecule has 0 spiro atoms. The minimum Gasteiger partial charge on any atom is -0.481 e. The second kappa shape index (κ2) is 7.25. The number of aliphatic carboxylic acids is 1. The zero-order chi connectivity index (χ0) is 12.6. The molecule has 0 rings (SSSR count). The van der Waals surface area contributed by atoms with Crippen molar-refractivity contribution in [3.63, 3.8) is 0 Å². The summed E-state index contributed by atoms with van der Waals surface area (Å²) in [6, 6.07) is 0. The standard InChI is InChI=1S/C12H22O4/c1-4-12(3,5-2)16-11(15)9-7-6-8-10(13)14/h4-9H2,1-3H3,(H,13,14). The highest BCUT2D eigenvalue weighted by Crippen LogP contribution is 2.20. The highest BCUT2D eigenvalue weighted by atomic mass is 16.6. The van der Waals surface area contributed by atoms with Crippen molar-refractivity contribution in [2.75, 3.05) is 0 Å². The normalized spacial score (nSPS) is 11.2. The first kappa shape index (κ1) is 14.9. The van der Waals surface area contributed by atoms with Gasteiger partial charge >= 0.3 is 11.9 Å². The summed E-state index contributed by atoms with van der Waals surface area (Å²) >= 11 is 0. The van der Waals surface area contributed by atoms with Gasteiger partial charge in [-0.25, -0.2) is 0 Å². The van der Waals surface area contributed by atoms with Crippen LogP contribution in [0.25, 0.3) is 0 Å². The van der Waals surface area contributed by atoms with Crippen LogP contribution in [-0.2, 0) is 14.3 Å². The zero-order valence-corrected chi connectivity index (χ0v) is 10.4. The van der Waals surface area contributed by atoms with Gasteiger partial charge in [-0.3, -0.25) is 9.59 Å². The molecule has 0 aromatic heterocycles. The lowest BCUT2D eigenvalue weighted by Gasteiger charge is -2.26. The van der Waals surface area contributed by atoms with E-state index in [9.17, 15) is 9.59 Å². The van der Waals surface area contributed by atoms with E-state index < -0.39 is 5.97 Å². The van der Waals surface area contributed by atoms with Gasteiger partial charge in [-0.15, -0.1) is 0 Å². The maximum Gasteiger partial charge on any atom is 0.306 e. The summed E-state index contributed by atoms with van der Waals surface area (Å²) in [7, 11) is 0. The van der Waals surface area contributed by atoms with Gasteiger partial charge in [0.15, 0.2) is 0 Å². The van der Waals surface area contributed by atoms with Gasteiger partial charge < -0.3 is 9.84 Å². The number of hydrogen-bond acceptors (Lipinski definition) is 3. The third kappa shape index (κ3) is 6.43. The molecule has 0 aliphatic rings. The quantitative estimate of drug-likeness (QED) is 0.514. The summed E-state index contributed by atoms with van der Waals surface area (Å²) in [5, 5.41) is 8.43. The second-order valence-corrected chi connectivity index (χ2v) is 4.23. The van der Waals surface area contributed by atoms with Gasteiger partial charge in [0.25, 0.3) is 0 Å². The van der Waals surface area contributed by atoms with Crippen molar-refractivity contribution >= 4 is 11.9 Å². The van der Waals surface area contributed by atoms with Crippen LogP contribution in [0.5, 0.6) is 0 Å².